The molecule has 1 aliphatic rings. The molecule has 2 heterocycles. The van der Waals surface area contributed by atoms with E-state index in [2.05, 4.69) is 15.7 Å². The third-order valence-electron chi connectivity index (χ3n) is 4.31. The van der Waals surface area contributed by atoms with Gasteiger partial charge in [-0.2, -0.15) is 5.10 Å². The molecule has 2 atom stereocenters. The van der Waals surface area contributed by atoms with Crippen LogP contribution in [0.15, 0.2) is 36.7 Å². The Bertz CT molecular complexity index is 695. The van der Waals surface area contributed by atoms with Gasteiger partial charge < -0.3 is 15.4 Å². The van der Waals surface area contributed by atoms with E-state index >= 15 is 0 Å². The van der Waals surface area contributed by atoms with Crippen molar-refractivity contribution in [2.75, 3.05) is 13.2 Å². The lowest BCUT2D eigenvalue weighted by Gasteiger charge is -2.25. The van der Waals surface area contributed by atoms with Crippen molar-refractivity contribution in [1.29, 1.82) is 0 Å². The second-order valence-electron chi connectivity index (χ2n) is 6.25. The highest BCUT2D eigenvalue weighted by molar-refractivity contribution is 5.74. The Morgan fingerprint density at radius 2 is 2.24 bits per heavy atom. The number of hydrogen-bond acceptors (Lipinski definition) is 3. The highest BCUT2D eigenvalue weighted by atomic mass is 19.1. The number of benzene rings is 1. The van der Waals surface area contributed by atoms with Crippen LogP contribution < -0.4 is 10.6 Å². The van der Waals surface area contributed by atoms with Gasteiger partial charge in [-0.15, -0.1) is 0 Å². The van der Waals surface area contributed by atoms with Gasteiger partial charge in [0.05, 0.1) is 18.3 Å². The third kappa shape index (κ3) is 4.79. The molecule has 7 heteroatoms. The van der Waals surface area contributed by atoms with E-state index in [4.69, 9.17) is 4.74 Å². The Kier molecular flexibility index (Phi) is 5.65. The SMILES string of the molecule is Cn1cc(CCNC(=O)N[C@@H](c2ccc(F)cc2)[C@@H]2CCCO2)cn1. The van der Waals surface area contributed by atoms with Gasteiger partial charge in [-0.1, -0.05) is 12.1 Å². The molecular weight excluding hydrogens is 323 g/mol. The molecule has 1 aromatic heterocycles. The summed E-state index contributed by atoms with van der Waals surface area (Å²) in [5.41, 5.74) is 1.91. The predicted octanol–water partition coefficient (Wildman–Crippen LogP) is 2.32. The minimum absolute atomic E-state index is 0.0884. The lowest BCUT2D eigenvalue weighted by Crippen LogP contribution is -2.42. The number of nitrogens with one attached hydrogen (secondary N) is 2. The fourth-order valence-corrected chi connectivity index (χ4v) is 3.04. The second kappa shape index (κ2) is 8.11. The molecule has 1 aliphatic heterocycles. The van der Waals surface area contributed by atoms with Crippen LogP contribution in [0.5, 0.6) is 0 Å². The van der Waals surface area contributed by atoms with Crippen molar-refractivity contribution in [3.05, 3.63) is 53.6 Å². The number of nitrogens with zero attached hydrogens (tertiary/aromatic N) is 2. The average Bonchev–Trinajstić information content (AvgIpc) is 3.25. The maximum Gasteiger partial charge on any atom is 0.315 e. The number of urea groups is 1. The van der Waals surface area contributed by atoms with Crippen LogP contribution in [0.3, 0.4) is 0 Å². The Morgan fingerprint density at radius 1 is 1.44 bits per heavy atom. The van der Waals surface area contributed by atoms with Gasteiger partial charge in [0.25, 0.3) is 0 Å². The number of carbonyl (C=O) groups excluding carboxylic acids is 1. The van der Waals surface area contributed by atoms with Crippen molar-refractivity contribution in [1.82, 2.24) is 20.4 Å². The highest BCUT2D eigenvalue weighted by Crippen LogP contribution is 2.27. The van der Waals surface area contributed by atoms with Crippen molar-refractivity contribution in [3.8, 4) is 0 Å². The number of halogens is 1. The fraction of sp³-hybridized carbons (Fsp3) is 0.444. The zero-order chi connectivity index (χ0) is 17.6. The van der Waals surface area contributed by atoms with E-state index in [-0.39, 0.29) is 24.0 Å². The first-order valence-corrected chi connectivity index (χ1v) is 8.51. The molecule has 2 aromatic rings. The lowest BCUT2D eigenvalue weighted by atomic mass is 9.99. The lowest BCUT2D eigenvalue weighted by molar-refractivity contribution is 0.0807. The van der Waals surface area contributed by atoms with Crippen LogP contribution in [0.4, 0.5) is 9.18 Å². The first-order valence-electron chi connectivity index (χ1n) is 8.51. The molecule has 1 saturated heterocycles. The number of ether oxygens (including phenoxy) is 1. The Hall–Kier alpha value is -2.41. The smallest absolute Gasteiger partial charge is 0.315 e. The zero-order valence-electron chi connectivity index (χ0n) is 14.2. The van der Waals surface area contributed by atoms with Gasteiger partial charge >= 0.3 is 6.03 Å². The minimum atomic E-state index is -0.296. The van der Waals surface area contributed by atoms with Gasteiger partial charge in [-0.25, -0.2) is 9.18 Å². The summed E-state index contributed by atoms with van der Waals surface area (Å²) < 4.78 is 20.6. The van der Waals surface area contributed by atoms with E-state index in [1.165, 1.54) is 12.1 Å². The number of hydrogen-bond donors (Lipinski definition) is 2. The molecule has 0 bridgehead atoms. The molecule has 0 unspecified atom stereocenters. The normalized spacial score (nSPS) is 18.1. The first-order chi connectivity index (χ1) is 12.1. The summed E-state index contributed by atoms with van der Waals surface area (Å²) in [6.45, 7) is 1.20. The van der Waals surface area contributed by atoms with Crippen molar-refractivity contribution < 1.29 is 13.9 Å². The Labute approximate surface area is 146 Å². The van der Waals surface area contributed by atoms with Crippen LogP contribution in [-0.2, 0) is 18.2 Å². The molecule has 2 amide bonds. The number of amides is 2. The molecule has 0 spiro atoms. The minimum Gasteiger partial charge on any atom is -0.376 e. The highest BCUT2D eigenvalue weighted by Gasteiger charge is 2.28. The van der Waals surface area contributed by atoms with Gasteiger partial charge in [0, 0.05) is 26.4 Å². The molecule has 2 N–H and O–H groups in total. The average molecular weight is 346 g/mol. The molecule has 134 valence electrons. The number of aromatic nitrogens is 2. The molecule has 3 rings (SSSR count). The topological polar surface area (TPSA) is 68.2 Å². The predicted molar refractivity (Wildman–Crippen MR) is 91.6 cm³/mol. The molecule has 0 radical (unpaired) electrons. The standard InChI is InChI=1S/C18H23FN4O2/c1-23-12-13(11-21-23)8-9-20-18(24)22-17(16-3-2-10-25-16)14-4-6-15(19)7-5-14/h4-7,11-12,16-17H,2-3,8-10H2,1H3,(H2,20,22,24)/t16-,17-/m0/s1. The zero-order valence-corrected chi connectivity index (χ0v) is 14.2. The van der Waals surface area contributed by atoms with Crippen LogP contribution in [-0.4, -0.2) is 35.1 Å². The molecular formula is C18H23FN4O2. The summed E-state index contributed by atoms with van der Waals surface area (Å²) in [6.07, 6.45) is 6.17. The Balaban J connectivity index is 1.57. The molecule has 0 saturated carbocycles. The fourth-order valence-electron chi connectivity index (χ4n) is 3.04. The summed E-state index contributed by atoms with van der Waals surface area (Å²) in [7, 11) is 1.86. The molecule has 1 aromatic carbocycles. The second-order valence-corrected chi connectivity index (χ2v) is 6.25. The first kappa shape index (κ1) is 17.4. The van der Waals surface area contributed by atoms with Gasteiger partial charge in [0.2, 0.25) is 0 Å². The maximum atomic E-state index is 13.2. The van der Waals surface area contributed by atoms with Crippen molar-refractivity contribution in [2.24, 2.45) is 7.05 Å². The molecule has 1 fully saturated rings. The van der Waals surface area contributed by atoms with Gasteiger partial charge in [0.15, 0.2) is 0 Å². The van der Waals surface area contributed by atoms with Crippen LogP contribution >= 0.6 is 0 Å². The van der Waals surface area contributed by atoms with Crippen molar-refractivity contribution in [2.45, 2.75) is 31.4 Å². The molecule has 6 nitrogen and oxygen atoms in total. The summed E-state index contributed by atoms with van der Waals surface area (Å²) in [5, 5.41) is 9.93. The van der Waals surface area contributed by atoms with Crippen LogP contribution in [0.25, 0.3) is 0 Å². The van der Waals surface area contributed by atoms with E-state index in [1.807, 2.05) is 13.2 Å². The molecule has 0 aliphatic carbocycles. The van der Waals surface area contributed by atoms with E-state index in [0.29, 0.717) is 19.6 Å². The number of rotatable bonds is 6. The van der Waals surface area contributed by atoms with Gasteiger partial charge in [-0.3, -0.25) is 4.68 Å². The maximum absolute atomic E-state index is 13.2. The van der Waals surface area contributed by atoms with E-state index in [1.54, 1.807) is 23.0 Å². The van der Waals surface area contributed by atoms with Crippen molar-refractivity contribution in [3.63, 3.8) is 0 Å². The Morgan fingerprint density at radius 3 is 2.88 bits per heavy atom. The number of aryl methyl sites for hydroxylation is 1. The molecule has 25 heavy (non-hydrogen) atoms. The summed E-state index contributed by atoms with van der Waals surface area (Å²) in [5.74, 6) is -0.296. The summed E-state index contributed by atoms with van der Waals surface area (Å²) in [6, 6.07) is 5.64. The van der Waals surface area contributed by atoms with Gasteiger partial charge in [-0.05, 0) is 42.5 Å². The van der Waals surface area contributed by atoms with Crippen molar-refractivity contribution >= 4 is 6.03 Å². The third-order valence-corrected chi connectivity index (χ3v) is 4.31. The van der Waals surface area contributed by atoms with Crippen LogP contribution in [0, 0.1) is 5.82 Å². The summed E-state index contributed by atoms with van der Waals surface area (Å²) >= 11 is 0. The van der Waals surface area contributed by atoms with E-state index < -0.39 is 0 Å². The van der Waals surface area contributed by atoms with E-state index in [0.717, 1.165) is 24.0 Å². The summed E-state index contributed by atoms with van der Waals surface area (Å²) in [4.78, 5) is 12.3. The van der Waals surface area contributed by atoms with Crippen LogP contribution in [0.2, 0.25) is 0 Å². The number of carbonyl (C=O) groups is 1. The quantitative estimate of drug-likeness (QED) is 0.843. The largest absolute Gasteiger partial charge is 0.376 e. The van der Waals surface area contributed by atoms with Gasteiger partial charge in [0.1, 0.15) is 5.82 Å². The monoisotopic (exact) mass is 346 g/mol. The van der Waals surface area contributed by atoms with E-state index in [9.17, 15) is 9.18 Å². The van der Waals surface area contributed by atoms with Crippen LogP contribution in [0.1, 0.15) is 30.0 Å².